The fourth-order valence-electron chi connectivity index (χ4n) is 2.93. The molecule has 1 aromatic heterocycles. The fraction of sp³-hybridized carbons (Fsp3) is 0. The van der Waals surface area contributed by atoms with Crippen LogP contribution in [0.2, 0.25) is 0 Å². The van der Waals surface area contributed by atoms with Gasteiger partial charge in [0.25, 0.3) is 11.5 Å². The lowest BCUT2D eigenvalue weighted by atomic mass is 10.1. The Hall–Kier alpha value is -4.00. The summed E-state index contributed by atoms with van der Waals surface area (Å²) in [7, 11) is 0. The predicted octanol–water partition coefficient (Wildman–Crippen LogP) is 3.07. The summed E-state index contributed by atoms with van der Waals surface area (Å²) in [4.78, 5) is 40.2. The predicted molar refractivity (Wildman–Crippen MR) is 105 cm³/mol. The number of para-hydroxylation sites is 2. The van der Waals surface area contributed by atoms with Crippen LogP contribution in [0.15, 0.2) is 82.4 Å². The van der Waals surface area contributed by atoms with E-state index in [1.165, 1.54) is 36.4 Å². The number of halogens is 1. The number of aromatic amines is 1. The van der Waals surface area contributed by atoms with Gasteiger partial charge in [0.2, 0.25) is 0 Å². The van der Waals surface area contributed by atoms with Gasteiger partial charge in [0.15, 0.2) is 0 Å². The molecular weight excluding hydrogens is 361 g/mol. The number of carbonyl (C=O) groups excluding carboxylic acids is 1. The summed E-state index contributed by atoms with van der Waals surface area (Å²) in [5.74, 6) is -1.11. The minimum absolute atomic E-state index is 0.0422. The average molecular weight is 375 g/mol. The second kappa shape index (κ2) is 6.96. The highest BCUT2D eigenvalue weighted by molar-refractivity contribution is 6.06. The van der Waals surface area contributed by atoms with Gasteiger partial charge in [0, 0.05) is 5.56 Å². The molecule has 7 heteroatoms. The van der Waals surface area contributed by atoms with Crippen molar-refractivity contribution in [3.63, 3.8) is 0 Å². The highest BCUT2D eigenvalue weighted by atomic mass is 19.1. The van der Waals surface area contributed by atoms with Gasteiger partial charge in [0.05, 0.1) is 22.3 Å². The molecular formula is C21H14FN3O3. The molecule has 1 heterocycles. The molecule has 138 valence electrons. The van der Waals surface area contributed by atoms with Gasteiger partial charge in [-0.3, -0.25) is 9.59 Å². The van der Waals surface area contributed by atoms with E-state index in [-0.39, 0.29) is 22.2 Å². The Morgan fingerprint density at radius 2 is 1.64 bits per heavy atom. The van der Waals surface area contributed by atoms with Crippen molar-refractivity contribution < 1.29 is 9.18 Å². The van der Waals surface area contributed by atoms with E-state index in [1.807, 2.05) is 0 Å². The molecule has 2 N–H and O–H groups in total. The molecule has 0 atom stereocenters. The maximum atomic E-state index is 13.7. The van der Waals surface area contributed by atoms with Crippen molar-refractivity contribution in [1.29, 1.82) is 0 Å². The van der Waals surface area contributed by atoms with Crippen molar-refractivity contribution in [3.8, 4) is 5.69 Å². The standard InChI is InChI=1S/C21H14FN3O3/c22-16-8-4-5-9-17(16)23-19(26)13-10-11-15-18(12-13)24-21(28)25(20(15)27)14-6-2-1-3-7-14/h1-12H,(H,23,26)(H,24,28). The Morgan fingerprint density at radius 3 is 2.39 bits per heavy atom. The summed E-state index contributed by atoms with van der Waals surface area (Å²) in [5, 5.41) is 2.72. The third-order valence-corrected chi connectivity index (χ3v) is 4.30. The van der Waals surface area contributed by atoms with Gasteiger partial charge in [-0.25, -0.2) is 13.8 Å². The maximum absolute atomic E-state index is 13.7. The van der Waals surface area contributed by atoms with Crippen molar-refractivity contribution in [2.24, 2.45) is 0 Å². The van der Waals surface area contributed by atoms with Gasteiger partial charge < -0.3 is 10.3 Å². The van der Waals surface area contributed by atoms with Gasteiger partial charge in [0.1, 0.15) is 5.82 Å². The normalized spacial score (nSPS) is 10.8. The van der Waals surface area contributed by atoms with Crippen LogP contribution in [0, 0.1) is 5.82 Å². The van der Waals surface area contributed by atoms with E-state index in [4.69, 9.17) is 0 Å². The molecule has 28 heavy (non-hydrogen) atoms. The third kappa shape index (κ3) is 3.09. The number of anilines is 1. The number of fused-ring (bicyclic) bond motifs is 1. The first-order valence-corrected chi connectivity index (χ1v) is 8.45. The molecule has 1 amide bonds. The quantitative estimate of drug-likeness (QED) is 0.577. The van der Waals surface area contributed by atoms with Crippen molar-refractivity contribution in [1.82, 2.24) is 9.55 Å². The lowest BCUT2D eigenvalue weighted by Gasteiger charge is -2.09. The summed E-state index contributed by atoms with van der Waals surface area (Å²) in [5.41, 5.74) is -0.217. The molecule has 0 unspecified atom stereocenters. The maximum Gasteiger partial charge on any atom is 0.333 e. The number of aromatic nitrogens is 2. The molecule has 4 aromatic rings. The number of nitrogens with one attached hydrogen (secondary N) is 2. The van der Waals surface area contributed by atoms with E-state index in [2.05, 4.69) is 10.3 Å². The molecule has 6 nitrogen and oxygen atoms in total. The summed E-state index contributed by atoms with van der Waals surface area (Å²) in [6.45, 7) is 0. The molecule has 0 aliphatic heterocycles. The zero-order valence-electron chi connectivity index (χ0n) is 14.5. The van der Waals surface area contributed by atoms with Crippen LogP contribution < -0.4 is 16.6 Å². The zero-order chi connectivity index (χ0) is 19.7. The minimum Gasteiger partial charge on any atom is -0.319 e. The van der Waals surface area contributed by atoms with Gasteiger partial charge in [-0.2, -0.15) is 0 Å². The minimum atomic E-state index is -0.615. The van der Waals surface area contributed by atoms with E-state index in [9.17, 15) is 18.8 Å². The molecule has 0 aliphatic carbocycles. The fourth-order valence-corrected chi connectivity index (χ4v) is 2.93. The first-order valence-electron chi connectivity index (χ1n) is 8.45. The van der Waals surface area contributed by atoms with Crippen LogP contribution in [0.1, 0.15) is 10.4 Å². The average Bonchev–Trinajstić information content (AvgIpc) is 2.70. The monoisotopic (exact) mass is 375 g/mol. The van der Waals surface area contributed by atoms with Crippen LogP contribution in [0.3, 0.4) is 0 Å². The number of amides is 1. The first-order chi connectivity index (χ1) is 13.5. The van der Waals surface area contributed by atoms with Gasteiger partial charge >= 0.3 is 5.69 Å². The SMILES string of the molecule is O=C(Nc1ccccc1F)c1ccc2c(=O)n(-c3ccccc3)c(=O)[nH]c2c1. The Balaban J connectivity index is 1.76. The van der Waals surface area contributed by atoms with Crippen LogP contribution in [0.4, 0.5) is 10.1 Å². The molecule has 3 aromatic carbocycles. The lowest BCUT2D eigenvalue weighted by Crippen LogP contribution is -2.33. The second-order valence-corrected chi connectivity index (χ2v) is 6.10. The van der Waals surface area contributed by atoms with Crippen LogP contribution >= 0.6 is 0 Å². The Kier molecular flexibility index (Phi) is 4.33. The Bertz CT molecular complexity index is 1310. The van der Waals surface area contributed by atoms with Crippen LogP contribution in [-0.4, -0.2) is 15.5 Å². The van der Waals surface area contributed by atoms with E-state index in [0.29, 0.717) is 5.69 Å². The number of rotatable bonds is 3. The van der Waals surface area contributed by atoms with E-state index in [0.717, 1.165) is 4.57 Å². The summed E-state index contributed by atoms with van der Waals surface area (Å²) >= 11 is 0. The van der Waals surface area contributed by atoms with Gasteiger partial charge in [-0.05, 0) is 42.5 Å². The van der Waals surface area contributed by atoms with Gasteiger partial charge in [-0.1, -0.05) is 30.3 Å². The number of nitrogens with zero attached hydrogens (tertiary/aromatic N) is 1. The molecule has 0 radical (unpaired) electrons. The summed E-state index contributed by atoms with van der Waals surface area (Å²) in [6, 6.07) is 18.6. The Morgan fingerprint density at radius 1 is 0.929 bits per heavy atom. The third-order valence-electron chi connectivity index (χ3n) is 4.30. The summed E-state index contributed by atoms with van der Waals surface area (Å²) in [6.07, 6.45) is 0. The highest BCUT2D eigenvalue weighted by Gasteiger charge is 2.13. The number of H-pyrrole nitrogens is 1. The smallest absolute Gasteiger partial charge is 0.319 e. The van der Waals surface area contributed by atoms with Crippen molar-refractivity contribution in [2.75, 3.05) is 5.32 Å². The summed E-state index contributed by atoms with van der Waals surface area (Å²) < 4.78 is 14.8. The highest BCUT2D eigenvalue weighted by Crippen LogP contribution is 2.16. The molecule has 0 fully saturated rings. The molecule has 0 bridgehead atoms. The zero-order valence-corrected chi connectivity index (χ0v) is 14.5. The van der Waals surface area contributed by atoms with Crippen molar-refractivity contribution >= 4 is 22.5 Å². The largest absolute Gasteiger partial charge is 0.333 e. The number of carbonyl (C=O) groups is 1. The van der Waals surface area contributed by atoms with E-state index >= 15 is 0 Å². The molecule has 0 aliphatic rings. The number of benzene rings is 3. The van der Waals surface area contributed by atoms with Crippen LogP contribution in [0.25, 0.3) is 16.6 Å². The Labute approximate surface area is 157 Å². The van der Waals surface area contributed by atoms with E-state index < -0.39 is 23.0 Å². The van der Waals surface area contributed by atoms with Gasteiger partial charge in [-0.15, -0.1) is 0 Å². The molecule has 0 saturated carbocycles. The second-order valence-electron chi connectivity index (χ2n) is 6.10. The first kappa shape index (κ1) is 17.4. The topological polar surface area (TPSA) is 84.0 Å². The van der Waals surface area contributed by atoms with Crippen LogP contribution in [0.5, 0.6) is 0 Å². The van der Waals surface area contributed by atoms with E-state index in [1.54, 1.807) is 36.4 Å². The van der Waals surface area contributed by atoms with Crippen LogP contribution in [-0.2, 0) is 0 Å². The van der Waals surface area contributed by atoms with Crippen molar-refractivity contribution in [2.45, 2.75) is 0 Å². The molecule has 4 rings (SSSR count). The number of hydrogen-bond donors (Lipinski definition) is 2. The lowest BCUT2D eigenvalue weighted by molar-refractivity contribution is 0.102. The molecule has 0 saturated heterocycles. The number of hydrogen-bond acceptors (Lipinski definition) is 3. The van der Waals surface area contributed by atoms with Crippen molar-refractivity contribution in [3.05, 3.63) is 105 Å². The molecule has 0 spiro atoms.